The molecule has 5 heteroatoms. The first kappa shape index (κ1) is 33.2. The van der Waals surface area contributed by atoms with Crippen LogP contribution in [0.15, 0.2) is 176 Å². The first-order chi connectivity index (χ1) is 27.9. The predicted octanol–water partition coefficient (Wildman–Crippen LogP) is 13.8. The maximum atomic E-state index is 6.72. The smallest absolute Gasteiger partial charge is 0.138 e. The van der Waals surface area contributed by atoms with Crippen molar-refractivity contribution in [2.45, 2.75) is 26.2 Å². The number of fused-ring (bicyclic) bond motifs is 23. The molecule has 274 valence electrons. The van der Waals surface area contributed by atoms with E-state index in [4.69, 9.17) is 9.72 Å². The second-order valence-corrected chi connectivity index (χ2v) is 16.1. The standard InChI is InChI=1S/C52H40N4O/c1-52(2,3)36-29-34-28-35(30-36)45-20-13-25-51(53-45)56-47-22-9-7-19-43(47)44-27-26-39(32-50(44)56)57-38-15-12-14-37(31-38)54-33-55(49-24-11-10-23-48(49)54)46-21-8-6-18-42(46)41-17-5-4-16-40(34)41/h4-32H,33H2,1-3H3. The number of benzene rings is 7. The van der Waals surface area contributed by atoms with E-state index in [-0.39, 0.29) is 5.41 Å². The fourth-order valence-electron chi connectivity index (χ4n) is 8.73. The van der Waals surface area contributed by atoms with Crippen molar-refractivity contribution in [2.75, 3.05) is 16.5 Å². The van der Waals surface area contributed by atoms with Gasteiger partial charge in [0.2, 0.25) is 0 Å². The lowest BCUT2D eigenvalue weighted by molar-refractivity contribution is 0.483. The van der Waals surface area contributed by atoms with Gasteiger partial charge in [0.15, 0.2) is 0 Å². The molecule has 2 aliphatic rings. The molecule has 2 aromatic heterocycles. The predicted molar refractivity (Wildman–Crippen MR) is 236 cm³/mol. The molecule has 0 N–H and O–H groups in total. The number of para-hydroxylation sites is 4. The van der Waals surface area contributed by atoms with Crippen LogP contribution in [0.4, 0.5) is 22.7 Å². The van der Waals surface area contributed by atoms with Crippen LogP contribution >= 0.6 is 0 Å². The van der Waals surface area contributed by atoms with E-state index < -0.39 is 0 Å². The van der Waals surface area contributed by atoms with Crippen LogP contribution in [0.3, 0.4) is 0 Å². The molecule has 0 fully saturated rings. The van der Waals surface area contributed by atoms with Gasteiger partial charge in [-0.1, -0.05) is 112 Å². The SMILES string of the molecule is CC(C)(C)c1cc2cc(c1)-c1ccccc1-c1ccccc1N1CN(c3cccc(c3)Oc3ccc4c5ccccc5n(c4c3)-c3cccc-2n3)c2ccccc21. The molecule has 7 aromatic carbocycles. The van der Waals surface area contributed by atoms with Crippen molar-refractivity contribution < 1.29 is 4.74 Å². The van der Waals surface area contributed by atoms with E-state index >= 15 is 0 Å². The molecular weight excluding hydrogens is 697 g/mol. The van der Waals surface area contributed by atoms with Crippen molar-refractivity contribution in [3.8, 4) is 50.8 Å². The molecule has 10 bridgehead atoms. The summed E-state index contributed by atoms with van der Waals surface area (Å²) < 4.78 is 8.99. The second kappa shape index (κ2) is 12.7. The lowest BCUT2D eigenvalue weighted by Gasteiger charge is -2.26. The summed E-state index contributed by atoms with van der Waals surface area (Å²) in [6.45, 7) is 7.52. The molecular formula is C52H40N4O. The largest absolute Gasteiger partial charge is 0.457 e. The van der Waals surface area contributed by atoms with Gasteiger partial charge < -0.3 is 14.5 Å². The van der Waals surface area contributed by atoms with Crippen molar-refractivity contribution in [3.63, 3.8) is 0 Å². The van der Waals surface area contributed by atoms with Crippen molar-refractivity contribution in [3.05, 3.63) is 181 Å². The van der Waals surface area contributed by atoms with Gasteiger partial charge >= 0.3 is 0 Å². The van der Waals surface area contributed by atoms with Crippen LogP contribution in [0.25, 0.3) is 61.1 Å². The molecule has 0 aliphatic carbocycles. The summed E-state index contributed by atoms with van der Waals surface area (Å²) in [5.74, 6) is 2.40. The Kier molecular flexibility index (Phi) is 7.42. The van der Waals surface area contributed by atoms with Crippen LogP contribution in [-0.4, -0.2) is 16.2 Å². The zero-order chi connectivity index (χ0) is 38.3. The molecule has 0 saturated heterocycles. The van der Waals surface area contributed by atoms with Crippen LogP contribution < -0.4 is 14.5 Å². The lowest BCUT2D eigenvalue weighted by Crippen LogP contribution is -2.24. The molecule has 0 spiro atoms. The fourth-order valence-corrected chi connectivity index (χ4v) is 8.73. The zero-order valence-corrected chi connectivity index (χ0v) is 32.1. The molecule has 2 aliphatic heterocycles. The van der Waals surface area contributed by atoms with E-state index in [0.29, 0.717) is 6.67 Å². The average Bonchev–Trinajstić information content (AvgIpc) is 3.79. The Morgan fingerprint density at radius 2 is 1.16 bits per heavy atom. The van der Waals surface area contributed by atoms with E-state index in [9.17, 15) is 0 Å². The van der Waals surface area contributed by atoms with Gasteiger partial charge in [-0.15, -0.1) is 0 Å². The first-order valence-corrected chi connectivity index (χ1v) is 19.6. The molecule has 5 nitrogen and oxygen atoms in total. The van der Waals surface area contributed by atoms with Crippen LogP contribution in [0.2, 0.25) is 0 Å². The Labute approximate surface area is 332 Å². The minimum Gasteiger partial charge on any atom is -0.457 e. The first-order valence-electron chi connectivity index (χ1n) is 19.6. The van der Waals surface area contributed by atoms with Crippen molar-refractivity contribution >= 4 is 44.6 Å². The van der Waals surface area contributed by atoms with E-state index in [2.05, 4.69) is 205 Å². The molecule has 4 heterocycles. The third-order valence-corrected chi connectivity index (χ3v) is 11.5. The number of nitrogens with zero attached hydrogens (tertiary/aromatic N) is 4. The Morgan fingerprint density at radius 1 is 0.491 bits per heavy atom. The summed E-state index contributed by atoms with van der Waals surface area (Å²) in [7, 11) is 0. The zero-order valence-electron chi connectivity index (χ0n) is 32.1. The highest BCUT2D eigenvalue weighted by molar-refractivity contribution is 6.09. The van der Waals surface area contributed by atoms with E-state index in [1.807, 2.05) is 6.07 Å². The molecule has 57 heavy (non-hydrogen) atoms. The summed E-state index contributed by atoms with van der Waals surface area (Å²) >= 11 is 0. The van der Waals surface area contributed by atoms with Crippen LogP contribution in [-0.2, 0) is 5.41 Å². The monoisotopic (exact) mass is 736 g/mol. The third-order valence-electron chi connectivity index (χ3n) is 11.5. The fraction of sp³-hybridized carbons (Fsp3) is 0.0962. The maximum absolute atomic E-state index is 6.72. The number of ether oxygens (including phenoxy) is 1. The van der Waals surface area contributed by atoms with E-state index in [1.54, 1.807) is 0 Å². The van der Waals surface area contributed by atoms with Crippen LogP contribution in [0, 0.1) is 0 Å². The molecule has 0 unspecified atom stereocenters. The van der Waals surface area contributed by atoms with Crippen molar-refractivity contribution in [1.82, 2.24) is 9.55 Å². The molecule has 11 rings (SSSR count). The molecule has 0 atom stereocenters. The number of hydrogen-bond acceptors (Lipinski definition) is 4. The Hall–Kier alpha value is -7.11. The summed E-state index contributed by atoms with van der Waals surface area (Å²) in [6.07, 6.45) is 0. The Balaban J connectivity index is 1.20. The molecule has 9 aromatic rings. The normalized spacial score (nSPS) is 13.2. The average molecular weight is 737 g/mol. The summed E-state index contributed by atoms with van der Waals surface area (Å²) in [6, 6.07) is 63.2. The topological polar surface area (TPSA) is 33.5 Å². The van der Waals surface area contributed by atoms with Gasteiger partial charge in [0.25, 0.3) is 0 Å². The number of anilines is 4. The Bertz CT molecular complexity index is 3040. The number of hydrogen-bond donors (Lipinski definition) is 0. The van der Waals surface area contributed by atoms with Crippen molar-refractivity contribution in [1.29, 1.82) is 0 Å². The minimum absolute atomic E-state index is 0.0931. The van der Waals surface area contributed by atoms with Gasteiger partial charge in [0.1, 0.15) is 24.0 Å². The maximum Gasteiger partial charge on any atom is 0.138 e. The lowest BCUT2D eigenvalue weighted by atomic mass is 9.82. The van der Waals surface area contributed by atoms with Gasteiger partial charge in [-0.25, -0.2) is 4.98 Å². The second-order valence-electron chi connectivity index (χ2n) is 16.1. The van der Waals surface area contributed by atoms with E-state index in [0.717, 1.165) is 67.7 Å². The number of aromatic nitrogens is 2. The van der Waals surface area contributed by atoms with Gasteiger partial charge in [-0.05, 0) is 100 Å². The minimum atomic E-state index is -0.0931. The van der Waals surface area contributed by atoms with Crippen molar-refractivity contribution in [2.24, 2.45) is 0 Å². The highest BCUT2D eigenvalue weighted by atomic mass is 16.5. The van der Waals surface area contributed by atoms with Crippen LogP contribution in [0.1, 0.15) is 26.3 Å². The third kappa shape index (κ3) is 5.49. The summed E-state index contributed by atoms with van der Waals surface area (Å²) in [4.78, 5) is 10.3. The summed E-state index contributed by atoms with van der Waals surface area (Å²) in [5.41, 5.74) is 14.6. The molecule has 0 saturated carbocycles. The van der Waals surface area contributed by atoms with Gasteiger partial charge in [0.05, 0.1) is 33.8 Å². The quantitative estimate of drug-likeness (QED) is 0.155. The van der Waals surface area contributed by atoms with Gasteiger partial charge in [0, 0.05) is 39.7 Å². The highest BCUT2D eigenvalue weighted by Gasteiger charge is 2.30. The highest BCUT2D eigenvalue weighted by Crippen LogP contribution is 2.49. The molecule has 0 radical (unpaired) electrons. The summed E-state index contributed by atoms with van der Waals surface area (Å²) in [5, 5.41) is 2.33. The van der Waals surface area contributed by atoms with Crippen LogP contribution in [0.5, 0.6) is 11.5 Å². The molecule has 0 amide bonds. The van der Waals surface area contributed by atoms with Gasteiger partial charge in [-0.2, -0.15) is 0 Å². The van der Waals surface area contributed by atoms with Gasteiger partial charge in [-0.3, -0.25) is 4.57 Å². The van der Waals surface area contributed by atoms with E-state index in [1.165, 1.54) is 33.2 Å². The Morgan fingerprint density at radius 3 is 2.00 bits per heavy atom. The number of pyridine rings is 1. The number of rotatable bonds is 0.